The molecule has 0 bridgehead atoms. The second-order valence-electron chi connectivity index (χ2n) is 11.8. The molecular weight excluding hydrogens is 568 g/mol. The molecule has 2 amide bonds. The summed E-state index contributed by atoms with van der Waals surface area (Å²) in [6.45, 7) is 12.5. The first kappa shape index (κ1) is 32.0. The van der Waals surface area contributed by atoms with Crippen LogP contribution >= 0.6 is 11.6 Å². The van der Waals surface area contributed by atoms with Crippen molar-refractivity contribution in [2.75, 3.05) is 26.2 Å². The molecule has 1 aliphatic heterocycles. The molecule has 11 heteroatoms. The molecule has 1 fully saturated rings. The largest absolute Gasteiger partial charge is 0.447 e. The lowest BCUT2D eigenvalue weighted by Crippen LogP contribution is -2.48. The van der Waals surface area contributed by atoms with E-state index in [0.29, 0.717) is 11.4 Å². The van der Waals surface area contributed by atoms with Crippen molar-refractivity contribution in [3.05, 3.63) is 82.2 Å². The van der Waals surface area contributed by atoms with E-state index in [0.717, 1.165) is 59.8 Å². The van der Waals surface area contributed by atoms with Crippen molar-refractivity contribution in [3.63, 3.8) is 0 Å². The Morgan fingerprint density at radius 3 is 2.53 bits per heavy atom. The van der Waals surface area contributed by atoms with Gasteiger partial charge in [-0.15, -0.1) is 0 Å². The fraction of sp³-hybridized carbons (Fsp3) is 0.438. The summed E-state index contributed by atoms with van der Waals surface area (Å²) in [5.74, 6) is 0. The van der Waals surface area contributed by atoms with Crippen LogP contribution in [-0.2, 0) is 22.9 Å². The van der Waals surface area contributed by atoms with Crippen LogP contribution < -0.4 is 10.6 Å². The molecule has 10 nitrogen and oxygen atoms in total. The fourth-order valence-electron chi connectivity index (χ4n) is 4.86. The molecule has 1 unspecified atom stereocenters. The normalized spacial score (nSPS) is 15.2. The van der Waals surface area contributed by atoms with Gasteiger partial charge in [-0.2, -0.15) is 0 Å². The molecule has 3 heterocycles. The lowest BCUT2D eigenvalue weighted by Gasteiger charge is -2.30. The van der Waals surface area contributed by atoms with Crippen molar-refractivity contribution in [2.24, 2.45) is 7.05 Å². The molecule has 5 rings (SSSR count). The van der Waals surface area contributed by atoms with Crippen molar-refractivity contribution < 1.29 is 19.1 Å². The van der Waals surface area contributed by atoms with E-state index in [1.54, 1.807) is 23.6 Å². The van der Waals surface area contributed by atoms with Crippen LogP contribution in [-0.4, -0.2) is 69.5 Å². The van der Waals surface area contributed by atoms with E-state index in [4.69, 9.17) is 21.1 Å². The molecule has 0 radical (unpaired) electrons. The van der Waals surface area contributed by atoms with Crippen molar-refractivity contribution in [1.82, 2.24) is 30.1 Å². The first-order valence-electron chi connectivity index (χ1n) is 14.5. The number of alkyl carbamates (subject to hydrolysis) is 1. The number of carbonyl (C=O) groups excluding carboxylic acids is 2. The zero-order valence-electron chi connectivity index (χ0n) is 25.7. The predicted octanol–water partition coefficient (Wildman–Crippen LogP) is 5.62. The summed E-state index contributed by atoms with van der Waals surface area (Å²) in [7, 11) is 1.90. The maximum Gasteiger partial charge on any atom is 0.410 e. The van der Waals surface area contributed by atoms with Crippen LogP contribution in [0.3, 0.4) is 0 Å². The monoisotopic (exact) mass is 608 g/mol. The van der Waals surface area contributed by atoms with E-state index >= 15 is 0 Å². The van der Waals surface area contributed by atoms with Gasteiger partial charge in [0.1, 0.15) is 5.60 Å². The summed E-state index contributed by atoms with van der Waals surface area (Å²) in [6.07, 6.45) is 7.08. The van der Waals surface area contributed by atoms with Gasteiger partial charge in [0.15, 0.2) is 0 Å². The second kappa shape index (κ2) is 14.1. The molecule has 0 saturated carbocycles. The van der Waals surface area contributed by atoms with Gasteiger partial charge >= 0.3 is 12.2 Å². The molecule has 1 aromatic carbocycles. The third-order valence-electron chi connectivity index (χ3n) is 6.81. The maximum atomic E-state index is 12.6. The predicted molar refractivity (Wildman–Crippen MR) is 168 cm³/mol. The van der Waals surface area contributed by atoms with Crippen molar-refractivity contribution in [3.8, 4) is 0 Å². The number of rotatable bonds is 4. The number of imidazole rings is 1. The highest BCUT2D eigenvalue weighted by Crippen LogP contribution is 2.38. The molecule has 43 heavy (non-hydrogen) atoms. The second-order valence-corrected chi connectivity index (χ2v) is 12.2. The molecule has 2 aromatic heterocycles. The van der Waals surface area contributed by atoms with Gasteiger partial charge in [-0.05, 0) is 81.2 Å². The molecule has 2 aliphatic rings. The number of nitrogens with one attached hydrogen (secondary N) is 2. The number of piperazine rings is 1. The van der Waals surface area contributed by atoms with E-state index in [9.17, 15) is 9.59 Å². The Morgan fingerprint density at radius 1 is 1.14 bits per heavy atom. The van der Waals surface area contributed by atoms with Crippen molar-refractivity contribution >= 4 is 35.4 Å². The van der Waals surface area contributed by atoms with Crippen LogP contribution in [0.25, 0.3) is 11.6 Å². The fourth-order valence-corrected chi connectivity index (χ4v) is 5.03. The number of benzene rings is 1. The Labute approximate surface area is 258 Å². The Morgan fingerprint density at radius 2 is 1.88 bits per heavy atom. The number of hydrogen-bond donors (Lipinski definition) is 2. The summed E-state index contributed by atoms with van der Waals surface area (Å²) < 4.78 is 12.5. The van der Waals surface area contributed by atoms with Gasteiger partial charge in [-0.25, -0.2) is 14.6 Å². The van der Waals surface area contributed by atoms with Crippen molar-refractivity contribution in [2.45, 2.75) is 58.8 Å². The molecule has 2 N–H and O–H groups in total. The molecule has 0 spiro atoms. The maximum absolute atomic E-state index is 12.6. The molecule has 1 atom stereocenters. The summed E-state index contributed by atoms with van der Waals surface area (Å²) in [4.78, 5) is 34.6. The van der Waals surface area contributed by atoms with Gasteiger partial charge in [0.05, 0.1) is 36.1 Å². The van der Waals surface area contributed by atoms with Crippen LogP contribution in [0.1, 0.15) is 68.7 Å². The van der Waals surface area contributed by atoms with Gasteiger partial charge in [-0.1, -0.05) is 23.7 Å². The van der Waals surface area contributed by atoms with Crippen LogP contribution in [0, 0.1) is 0 Å². The molecule has 1 saturated heterocycles. The van der Waals surface area contributed by atoms with Crippen molar-refractivity contribution in [1.29, 1.82) is 0 Å². The number of hydrogen-bond acceptors (Lipinski definition) is 7. The molecule has 230 valence electrons. The first-order valence-corrected chi connectivity index (χ1v) is 14.9. The van der Waals surface area contributed by atoms with Gasteiger partial charge in [-0.3, -0.25) is 4.98 Å². The Kier molecular flexibility index (Phi) is 10.5. The van der Waals surface area contributed by atoms with Crippen LogP contribution in [0.15, 0.2) is 49.1 Å². The number of pyridine rings is 1. The van der Waals surface area contributed by atoms with E-state index in [1.165, 1.54) is 0 Å². The summed E-state index contributed by atoms with van der Waals surface area (Å²) in [5.41, 5.74) is 5.40. The van der Waals surface area contributed by atoms with Gasteiger partial charge < -0.3 is 29.6 Å². The standard InChI is InChI=1S/C23H23ClN4O2.C9H18N2O2/c1-14(2)30-23(29)27-22(21-12-25-13-28(21)3)19-9-16-5-4-8-26-20(16)10-15-6-7-17(24)11-18(15)19;1-9(2,3)13-8(12)11-6-4-10-5-7-11/h4-9,11-14,22H,10H2,1-3H3,(H,27,29);10H,4-7H2,1-3H3. The lowest BCUT2D eigenvalue weighted by molar-refractivity contribution is 0.0228. The first-order chi connectivity index (χ1) is 20.4. The highest BCUT2D eigenvalue weighted by Gasteiger charge is 2.28. The summed E-state index contributed by atoms with van der Waals surface area (Å²) in [6, 6.07) is 9.30. The number of ether oxygens (including phenoxy) is 2. The molecule has 1 aliphatic carbocycles. The number of carbonyl (C=O) groups is 2. The Hall–Kier alpha value is -3.89. The van der Waals surface area contributed by atoms with Crippen LogP contribution in [0.2, 0.25) is 5.02 Å². The zero-order valence-corrected chi connectivity index (χ0v) is 26.4. The average Bonchev–Trinajstić information content (AvgIpc) is 3.30. The highest BCUT2D eigenvalue weighted by molar-refractivity contribution is 6.30. The zero-order chi connectivity index (χ0) is 31.1. The quantitative estimate of drug-likeness (QED) is 0.396. The number of amides is 2. The topological polar surface area (TPSA) is 111 Å². The number of aryl methyl sites for hydroxylation is 1. The SMILES string of the molecule is CC(C)(C)OC(=O)N1CCNCC1.CC(C)OC(=O)NC(C1=Cc2cccnc2Cc2ccc(Cl)cc21)c1cncn1C. The lowest BCUT2D eigenvalue weighted by atomic mass is 9.92. The van der Waals surface area contributed by atoms with E-state index in [1.807, 2.05) is 76.6 Å². The van der Waals surface area contributed by atoms with Gasteiger partial charge in [0.25, 0.3) is 0 Å². The average molecular weight is 609 g/mol. The van der Waals surface area contributed by atoms with Crippen LogP contribution in [0.5, 0.6) is 0 Å². The number of aromatic nitrogens is 3. The summed E-state index contributed by atoms with van der Waals surface area (Å²) in [5, 5.41) is 6.84. The van der Waals surface area contributed by atoms with Crippen LogP contribution in [0.4, 0.5) is 9.59 Å². The van der Waals surface area contributed by atoms with Gasteiger partial charge in [0.2, 0.25) is 0 Å². The van der Waals surface area contributed by atoms with E-state index in [-0.39, 0.29) is 17.8 Å². The third-order valence-corrected chi connectivity index (χ3v) is 7.05. The van der Waals surface area contributed by atoms with E-state index < -0.39 is 12.1 Å². The minimum atomic E-state index is -0.490. The minimum absolute atomic E-state index is 0.200. The number of fused-ring (bicyclic) bond motifs is 2. The Bertz CT molecular complexity index is 1460. The highest BCUT2D eigenvalue weighted by atomic mass is 35.5. The summed E-state index contributed by atoms with van der Waals surface area (Å²) >= 11 is 6.37. The van der Waals surface area contributed by atoms with E-state index in [2.05, 4.69) is 26.7 Å². The van der Waals surface area contributed by atoms with Gasteiger partial charge in [0, 0.05) is 50.9 Å². The number of nitrogens with zero attached hydrogens (tertiary/aromatic N) is 4. The Balaban J connectivity index is 0.000000273. The molecule has 3 aromatic rings. The minimum Gasteiger partial charge on any atom is -0.447 e. The smallest absolute Gasteiger partial charge is 0.410 e. The molecular formula is C32H41ClN6O4. The number of halogens is 1. The third kappa shape index (κ3) is 8.81.